The minimum absolute atomic E-state index is 0.0618. The second-order valence-electron chi connectivity index (χ2n) is 8.41. The van der Waals surface area contributed by atoms with E-state index in [-0.39, 0.29) is 34.6 Å². The van der Waals surface area contributed by atoms with Gasteiger partial charge in [-0.15, -0.1) is 0 Å². The van der Waals surface area contributed by atoms with Gasteiger partial charge in [0, 0.05) is 6.42 Å². The van der Waals surface area contributed by atoms with E-state index in [0.717, 1.165) is 12.8 Å². The van der Waals surface area contributed by atoms with Gasteiger partial charge < -0.3 is 14.9 Å². The number of fused-ring (bicyclic) bond motifs is 1. The molecule has 2 N–H and O–H groups in total. The molecule has 0 aromatic carbocycles. The Balaban J connectivity index is 1.99. The predicted octanol–water partition coefficient (Wildman–Crippen LogP) is 4.15. The van der Waals surface area contributed by atoms with Gasteiger partial charge in [0.15, 0.2) is 26.0 Å². The summed E-state index contributed by atoms with van der Waals surface area (Å²) >= 11 is 6.01. The van der Waals surface area contributed by atoms with Crippen LogP contribution in [-0.2, 0) is 9.16 Å². The Bertz CT molecular complexity index is 804. The SMILES string of the molecule is CC[C@@H]1C[C@@H](O[Si](C)(C)C(C)(C)C)[C@H](n2cnc3c(N)nc(Cl)nc32)O1. The summed E-state index contributed by atoms with van der Waals surface area (Å²) in [6.45, 7) is 13.4. The highest BCUT2D eigenvalue weighted by Crippen LogP contribution is 2.42. The van der Waals surface area contributed by atoms with Crippen molar-refractivity contribution in [1.29, 1.82) is 0 Å². The van der Waals surface area contributed by atoms with Gasteiger partial charge in [-0.25, -0.2) is 4.98 Å². The minimum atomic E-state index is -1.95. The lowest BCUT2D eigenvalue weighted by atomic mass is 10.1. The van der Waals surface area contributed by atoms with Crippen LogP contribution < -0.4 is 5.73 Å². The van der Waals surface area contributed by atoms with Crippen molar-refractivity contribution in [3.63, 3.8) is 0 Å². The molecular weight excluding hydrogens is 370 g/mol. The Morgan fingerprint density at radius 2 is 2.08 bits per heavy atom. The molecule has 9 heteroatoms. The van der Waals surface area contributed by atoms with E-state index in [1.165, 1.54) is 0 Å². The maximum atomic E-state index is 6.70. The van der Waals surface area contributed by atoms with Crippen LogP contribution in [0.4, 0.5) is 5.82 Å². The largest absolute Gasteiger partial charge is 0.409 e. The van der Waals surface area contributed by atoms with Gasteiger partial charge in [0.25, 0.3) is 0 Å². The molecule has 7 nitrogen and oxygen atoms in total. The molecule has 1 aliphatic rings. The molecule has 144 valence electrons. The predicted molar refractivity (Wildman–Crippen MR) is 106 cm³/mol. The van der Waals surface area contributed by atoms with Crippen LogP contribution in [0.3, 0.4) is 0 Å². The fraction of sp³-hybridized carbons (Fsp3) is 0.706. The number of hydrogen-bond acceptors (Lipinski definition) is 6. The number of ether oxygens (including phenoxy) is 1. The van der Waals surface area contributed by atoms with E-state index in [0.29, 0.717) is 11.2 Å². The average Bonchev–Trinajstić information content (AvgIpc) is 3.09. The third-order valence-electron chi connectivity index (χ3n) is 5.55. The van der Waals surface area contributed by atoms with Crippen LogP contribution in [0.5, 0.6) is 0 Å². The molecule has 2 aromatic heterocycles. The fourth-order valence-electron chi connectivity index (χ4n) is 2.98. The molecule has 0 radical (unpaired) electrons. The summed E-state index contributed by atoms with van der Waals surface area (Å²) in [4.78, 5) is 12.7. The highest BCUT2D eigenvalue weighted by Gasteiger charge is 2.45. The van der Waals surface area contributed by atoms with Gasteiger partial charge in [-0.3, -0.25) is 4.57 Å². The number of nitrogens with zero attached hydrogens (tertiary/aromatic N) is 4. The maximum absolute atomic E-state index is 6.70. The number of anilines is 1. The van der Waals surface area contributed by atoms with Crippen molar-refractivity contribution in [3.8, 4) is 0 Å². The number of hydrogen-bond donors (Lipinski definition) is 1. The van der Waals surface area contributed by atoms with E-state index in [2.05, 4.69) is 55.7 Å². The van der Waals surface area contributed by atoms with Gasteiger partial charge in [0.1, 0.15) is 5.52 Å². The number of nitrogen functional groups attached to an aromatic ring is 1. The maximum Gasteiger partial charge on any atom is 0.226 e. The minimum Gasteiger partial charge on any atom is -0.409 e. The summed E-state index contributed by atoms with van der Waals surface area (Å²) in [5.74, 6) is 0.269. The summed E-state index contributed by atoms with van der Waals surface area (Å²) in [5, 5.41) is 0.220. The lowest BCUT2D eigenvalue weighted by molar-refractivity contribution is -0.0320. The summed E-state index contributed by atoms with van der Waals surface area (Å²) in [6.07, 6.45) is 3.25. The molecule has 0 spiro atoms. The van der Waals surface area contributed by atoms with Crippen molar-refractivity contribution in [1.82, 2.24) is 19.5 Å². The van der Waals surface area contributed by atoms with Crippen molar-refractivity contribution in [2.45, 2.75) is 77.1 Å². The molecule has 2 aromatic rings. The first-order chi connectivity index (χ1) is 12.0. The summed E-state index contributed by atoms with van der Waals surface area (Å²) in [5.41, 5.74) is 7.05. The standard InChI is InChI=1S/C17H28ClN5O2Si/c1-7-10-8-11(25-26(5,6)17(2,3)4)15(24-10)23-9-20-12-13(19)21-16(18)22-14(12)23/h9-11,15H,7-8H2,1-6H3,(H2,19,21,22)/t10-,11-,15-/m1/s1. The Kier molecular flexibility index (Phi) is 5.07. The van der Waals surface area contributed by atoms with Crippen LogP contribution in [0.1, 0.15) is 46.8 Å². The second-order valence-corrected chi connectivity index (χ2v) is 13.5. The van der Waals surface area contributed by atoms with Gasteiger partial charge in [-0.2, -0.15) is 9.97 Å². The van der Waals surface area contributed by atoms with E-state index in [4.69, 9.17) is 26.5 Å². The van der Waals surface area contributed by atoms with Crippen LogP contribution in [0, 0.1) is 0 Å². The van der Waals surface area contributed by atoms with E-state index in [1.807, 2.05) is 4.57 Å². The molecule has 1 fully saturated rings. The van der Waals surface area contributed by atoms with Crippen LogP contribution in [0.25, 0.3) is 11.2 Å². The zero-order valence-electron chi connectivity index (χ0n) is 16.3. The molecule has 0 unspecified atom stereocenters. The molecule has 3 rings (SSSR count). The van der Waals surface area contributed by atoms with Gasteiger partial charge >= 0.3 is 0 Å². The van der Waals surface area contributed by atoms with Crippen molar-refractivity contribution < 1.29 is 9.16 Å². The van der Waals surface area contributed by atoms with Gasteiger partial charge in [-0.05, 0) is 36.2 Å². The lowest BCUT2D eigenvalue weighted by Crippen LogP contribution is -2.45. The second kappa shape index (κ2) is 6.74. The van der Waals surface area contributed by atoms with Gasteiger partial charge in [0.2, 0.25) is 5.28 Å². The molecular formula is C17H28ClN5O2Si. The van der Waals surface area contributed by atoms with E-state index in [1.54, 1.807) is 6.33 Å². The lowest BCUT2D eigenvalue weighted by Gasteiger charge is -2.39. The summed E-state index contributed by atoms with van der Waals surface area (Å²) in [7, 11) is -1.95. The van der Waals surface area contributed by atoms with E-state index >= 15 is 0 Å². The Morgan fingerprint density at radius 1 is 1.38 bits per heavy atom. The molecule has 1 aliphatic heterocycles. The first-order valence-electron chi connectivity index (χ1n) is 9.02. The van der Waals surface area contributed by atoms with Crippen molar-refractivity contribution >= 4 is 36.9 Å². The number of aromatic nitrogens is 4. The fourth-order valence-corrected chi connectivity index (χ4v) is 4.48. The van der Waals surface area contributed by atoms with Crippen molar-refractivity contribution in [2.75, 3.05) is 5.73 Å². The molecule has 0 bridgehead atoms. The third-order valence-corrected chi connectivity index (χ3v) is 10.2. The molecule has 0 amide bonds. The Morgan fingerprint density at radius 3 is 2.69 bits per heavy atom. The van der Waals surface area contributed by atoms with Crippen molar-refractivity contribution in [3.05, 3.63) is 11.6 Å². The number of halogens is 1. The van der Waals surface area contributed by atoms with E-state index < -0.39 is 8.32 Å². The number of rotatable bonds is 4. The molecule has 3 heterocycles. The zero-order valence-corrected chi connectivity index (χ0v) is 18.0. The first kappa shape index (κ1) is 19.5. The summed E-state index contributed by atoms with van der Waals surface area (Å²) in [6, 6.07) is 0. The van der Waals surface area contributed by atoms with Crippen molar-refractivity contribution in [2.24, 2.45) is 0 Å². The van der Waals surface area contributed by atoms with Gasteiger partial charge in [0.05, 0.1) is 18.5 Å². The summed E-state index contributed by atoms with van der Waals surface area (Å²) < 4.78 is 14.9. The molecule has 0 saturated carbocycles. The molecule has 1 saturated heterocycles. The normalized spacial score (nSPS) is 24.5. The molecule has 0 aliphatic carbocycles. The highest BCUT2D eigenvalue weighted by atomic mass is 35.5. The quantitative estimate of drug-likeness (QED) is 0.615. The monoisotopic (exact) mass is 397 g/mol. The van der Waals surface area contributed by atoms with Crippen LogP contribution in [-0.4, -0.2) is 40.0 Å². The van der Waals surface area contributed by atoms with Crippen LogP contribution >= 0.6 is 11.6 Å². The first-order valence-corrected chi connectivity index (χ1v) is 12.3. The van der Waals surface area contributed by atoms with E-state index in [9.17, 15) is 0 Å². The molecule has 26 heavy (non-hydrogen) atoms. The Labute approximate surface area is 160 Å². The third kappa shape index (κ3) is 3.47. The van der Waals surface area contributed by atoms with Crippen LogP contribution in [0.15, 0.2) is 6.33 Å². The molecule has 3 atom stereocenters. The topological polar surface area (TPSA) is 88.1 Å². The van der Waals surface area contributed by atoms with Gasteiger partial charge in [-0.1, -0.05) is 27.7 Å². The Hall–Kier alpha value is -1.22. The zero-order chi connectivity index (χ0) is 19.3. The number of nitrogens with two attached hydrogens (primary N) is 1. The highest BCUT2D eigenvalue weighted by molar-refractivity contribution is 6.74. The average molecular weight is 398 g/mol. The van der Waals surface area contributed by atoms with Crippen LogP contribution in [0.2, 0.25) is 23.4 Å². The number of imidazole rings is 1. The smallest absolute Gasteiger partial charge is 0.226 e.